The van der Waals surface area contributed by atoms with Crippen molar-refractivity contribution in [1.29, 1.82) is 0 Å². The minimum absolute atomic E-state index is 0.148. The highest BCUT2D eigenvalue weighted by molar-refractivity contribution is 7.89. The van der Waals surface area contributed by atoms with Crippen LogP contribution >= 0.6 is 0 Å². The monoisotopic (exact) mass is 389 g/mol. The zero-order valence-electron chi connectivity index (χ0n) is 16.2. The molecule has 0 radical (unpaired) electrons. The second-order valence-corrected chi connectivity index (χ2v) is 8.60. The number of rotatable bonds is 8. The molecule has 1 amide bonds. The number of sulfonamides is 1. The van der Waals surface area contributed by atoms with Crippen molar-refractivity contribution in [2.24, 2.45) is 0 Å². The van der Waals surface area contributed by atoms with Gasteiger partial charge in [-0.3, -0.25) is 4.79 Å². The van der Waals surface area contributed by atoms with Crippen molar-refractivity contribution in [3.63, 3.8) is 0 Å². The number of aryl methyl sites for hydroxylation is 2. The lowest BCUT2D eigenvalue weighted by molar-refractivity contribution is 0.102. The Morgan fingerprint density at radius 3 is 2.26 bits per heavy atom. The van der Waals surface area contributed by atoms with Crippen LogP contribution in [-0.2, 0) is 10.0 Å². The molecule has 0 fully saturated rings. The van der Waals surface area contributed by atoms with Gasteiger partial charge < -0.3 is 10.2 Å². The summed E-state index contributed by atoms with van der Waals surface area (Å²) in [5, 5.41) is 2.83. The first-order valence-electron chi connectivity index (χ1n) is 8.82. The molecule has 2 N–H and O–H groups in total. The van der Waals surface area contributed by atoms with Crippen molar-refractivity contribution >= 4 is 21.6 Å². The predicted octanol–water partition coefficient (Wildman–Crippen LogP) is 2.79. The van der Waals surface area contributed by atoms with Crippen LogP contribution in [0, 0.1) is 13.8 Å². The molecule has 0 atom stereocenters. The minimum Gasteiger partial charge on any atom is -0.322 e. The number of hydrogen-bond acceptors (Lipinski definition) is 4. The van der Waals surface area contributed by atoms with E-state index in [1.165, 1.54) is 24.3 Å². The summed E-state index contributed by atoms with van der Waals surface area (Å²) in [6.07, 6.45) is 0.725. The maximum absolute atomic E-state index is 12.4. The summed E-state index contributed by atoms with van der Waals surface area (Å²) >= 11 is 0. The summed E-state index contributed by atoms with van der Waals surface area (Å²) in [4.78, 5) is 14.5. The molecule has 0 aromatic heterocycles. The summed E-state index contributed by atoms with van der Waals surface area (Å²) < 4.78 is 27.2. The van der Waals surface area contributed by atoms with E-state index in [1.807, 2.05) is 51.0 Å². The summed E-state index contributed by atoms with van der Waals surface area (Å²) in [7, 11) is 0.311. The van der Waals surface area contributed by atoms with Crippen LogP contribution in [0.3, 0.4) is 0 Å². The summed E-state index contributed by atoms with van der Waals surface area (Å²) in [5.74, 6) is -0.277. The predicted molar refractivity (Wildman–Crippen MR) is 109 cm³/mol. The van der Waals surface area contributed by atoms with E-state index in [4.69, 9.17) is 0 Å². The van der Waals surface area contributed by atoms with Crippen LogP contribution in [0.25, 0.3) is 0 Å². The molecule has 146 valence electrons. The number of carbonyl (C=O) groups is 1. The Labute approximate surface area is 161 Å². The Morgan fingerprint density at radius 1 is 1.00 bits per heavy atom. The Bertz CT molecular complexity index is 891. The quantitative estimate of drug-likeness (QED) is 0.681. The molecular formula is C20H27N3O3S. The van der Waals surface area contributed by atoms with E-state index in [-0.39, 0.29) is 10.8 Å². The molecular weight excluding hydrogens is 362 g/mol. The first-order chi connectivity index (χ1) is 12.7. The van der Waals surface area contributed by atoms with Crippen LogP contribution < -0.4 is 10.0 Å². The van der Waals surface area contributed by atoms with Gasteiger partial charge in [0.1, 0.15) is 0 Å². The average Bonchev–Trinajstić information content (AvgIpc) is 2.62. The Morgan fingerprint density at radius 2 is 1.67 bits per heavy atom. The van der Waals surface area contributed by atoms with Gasteiger partial charge in [0.05, 0.1) is 4.90 Å². The molecule has 27 heavy (non-hydrogen) atoms. The van der Waals surface area contributed by atoms with Gasteiger partial charge in [-0.2, -0.15) is 0 Å². The molecule has 0 saturated carbocycles. The minimum atomic E-state index is -3.57. The topological polar surface area (TPSA) is 78.5 Å². The van der Waals surface area contributed by atoms with Crippen LogP contribution in [0.1, 0.15) is 27.9 Å². The van der Waals surface area contributed by atoms with Crippen molar-refractivity contribution in [3.8, 4) is 0 Å². The molecule has 7 heteroatoms. The van der Waals surface area contributed by atoms with Gasteiger partial charge in [-0.25, -0.2) is 13.1 Å². The van der Waals surface area contributed by atoms with Crippen LogP contribution in [0.15, 0.2) is 47.4 Å². The van der Waals surface area contributed by atoms with Gasteiger partial charge in [-0.05, 0) is 88.4 Å². The first kappa shape index (κ1) is 21.1. The zero-order valence-corrected chi connectivity index (χ0v) is 17.1. The lowest BCUT2D eigenvalue weighted by atomic mass is 10.1. The summed E-state index contributed by atoms with van der Waals surface area (Å²) in [6.45, 7) is 5.17. The van der Waals surface area contributed by atoms with Crippen molar-refractivity contribution in [3.05, 3.63) is 59.2 Å². The Hall–Kier alpha value is -2.22. The second kappa shape index (κ2) is 9.12. The van der Waals surface area contributed by atoms with Crippen LogP contribution in [0.4, 0.5) is 5.69 Å². The number of benzene rings is 2. The molecule has 0 heterocycles. The highest BCUT2D eigenvalue weighted by Crippen LogP contribution is 2.16. The zero-order chi connectivity index (χ0) is 20.0. The fraction of sp³-hybridized carbons (Fsp3) is 0.350. The smallest absolute Gasteiger partial charge is 0.255 e. The normalized spacial score (nSPS) is 11.6. The van der Waals surface area contributed by atoms with E-state index in [0.717, 1.165) is 24.1 Å². The van der Waals surface area contributed by atoms with Gasteiger partial charge in [0.15, 0.2) is 0 Å². The number of anilines is 1. The van der Waals surface area contributed by atoms with Gasteiger partial charge in [0.25, 0.3) is 5.91 Å². The molecule has 0 bridgehead atoms. The summed E-state index contributed by atoms with van der Waals surface area (Å²) in [5.41, 5.74) is 3.36. The highest BCUT2D eigenvalue weighted by atomic mass is 32.2. The largest absolute Gasteiger partial charge is 0.322 e. The van der Waals surface area contributed by atoms with Crippen LogP contribution in [0.2, 0.25) is 0 Å². The molecule has 0 aliphatic rings. The van der Waals surface area contributed by atoms with E-state index in [2.05, 4.69) is 10.0 Å². The van der Waals surface area contributed by atoms with Crippen LogP contribution in [-0.4, -0.2) is 46.4 Å². The van der Waals surface area contributed by atoms with E-state index < -0.39 is 10.0 Å². The van der Waals surface area contributed by atoms with Crippen molar-refractivity contribution in [2.75, 3.05) is 32.5 Å². The number of nitrogens with one attached hydrogen (secondary N) is 2. The van der Waals surface area contributed by atoms with Gasteiger partial charge >= 0.3 is 0 Å². The third-order valence-electron chi connectivity index (χ3n) is 4.27. The van der Waals surface area contributed by atoms with E-state index in [9.17, 15) is 13.2 Å². The number of amides is 1. The fourth-order valence-corrected chi connectivity index (χ4v) is 3.57. The molecule has 0 aliphatic carbocycles. The third kappa shape index (κ3) is 6.16. The molecule has 2 aromatic carbocycles. The van der Waals surface area contributed by atoms with Gasteiger partial charge in [0.2, 0.25) is 10.0 Å². The first-order valence-corrected chi connectivity index (χ1v) is 10.3. The van der Waals surface area contributed by atoms with Crippen molar-refractivity contribution in [1.82, 2.24) is 9.62 Å². The third-order valence-corrected chi connectivity index (χ3v) is 5.74. The lowest BCUT2D eigenvalue weighted by Crippen LogP contribution is -2.27. The maximum atomic E-state index is 12.4. The fourth-order valence-electron chi connectivity index (χ4n) is 2.49. The second-order valence-electron chi connectivity index (χ2n) is 6.83. The molecule has 0 unspecified atom stereocenters. The van der Waals surface area contributed by atoms with Gasteiger partial charge in [-0.15, -0.1) is 0 Å². The highest BCUT2D eigenvalue weighted by Gasteiger charge is 2.14. The standard InChI is InChI=1S/C20H27N3O3S/c1-15-6-9-18(14-16(15)2)22-20(24)17-7-10-19(11-8-17)27(25,26)21-12-5-13-23(3)4/h6-11,14,21H,5,12-13H2,1-4H3,(H,22,24). The van der Waals surface area contributed by atoms with Gasteiger partial charge in [0, 0.05) is 17.8 Å². The van der Waals surface area contributed by atoms with Crippen LogP contribution in [0.5, 0.6) is 0 Å². The number of hydrogen-bond donors (Lipinski definition) is 2. The molecule has 0 aliphatic heterocycles. The van der Waals surface area contributed by atoms with E-state index >= 15 is 0 Å². The van der Waals surface area contributed by atoms with E-state index in [1.54, 1.807) is 0 Å². The number of nitrogens with zero attached hydrogens (tertiary/aromatic N) is 1. The molecule has 2 rings (SSSR count). The maximum Gasteiger partial charge on any atom is 0.255 e. The Kier molecular flexibility index (Phi) is 7.12. The SMILES string of the molecule is Cc1ccc(NC(=O)c2ccc(S(=O)(=O)NCCCN(C)C)cc2)cc1C. The number of carbonyl (C=O) groups excluding carboxylic acids is 1. The average molecular weight is 390 g/mol. The lowest BCUT2D eigenvalue weighted by Gasteiger charge is -2.11. The van der Waals surface area contributed by atoms with Crippen molar-refractivity contribution in [2.45, 2.75) is 25.2 Å². The molecule has 0 spiro atoms. The van der Waals surface area contributed by atoms with Crippen molar-refractivity contribution < 1.29 is 13.2 Å². The molecule has 6 nitrogen and oxygen atoms in total. The molecule has 2 aromatic rings. The molecule has 0 saturated heterocycles. The Balaban J connectivity index is 2.00. The summed E-state index contributed by atoms with van der Waals surface area (Å²) in [6, 6.07) is 11.6. The van der Waals surface area contributed by atoms with E-state index in [0.29, 0.717) is 17.8 Å². The van der Waals surface area contributed by atoms with Gasteiger partial charge in [-0.1, -0.05) is 6.07 Å².